The maximum Gasteiger partial charge on any atom is 0.255 e. The van der Waals surface area contributed by atoms with Crippen molar-refractivity contribution in [3.63, 3.8) is 0 Å². The zero-order valence-corrected chi connectivity index (χ0v) is 10.5. The lowest BCUT2D eigenvalue weighted by Crippen LogP contribution is -2.12. The van der Waals surface area contributed by atoms with Crippen molar-refractivity contribution < 1.29 is 4.79 Å². The average molecular weight is 283 g/mol. The minimum atomic E-state index is -0.367. The van der Waals surface area contributed by atoms with Crippen molar-refractivity contribution in [1.82, 2.24) is 9.97 Å². The molecule has 0 atom stereocenters. The number of halogens is 2. The molecule has 2 aromatic rings. The number of nitrogens with two attached hydrogens (primary N) is 1. The van der Waals surface area contributed by atoms with Crippen molar-refractivity contribution in [1.29, 1.82) is 0 Å². The Morgan fingerprint density at radius 1 is 1.17 bits per heavy atom. The van der Waals surface area contributed by atoms with Crippen LogP contribution in [0.3, 0.4) is 0 Å². The van der Waals surface area contributed by atoms with Gasteiger partial charge in [0.2, 0.25) is 0 Å². The molecule has 7 heteroatoms. The van der Waals surface area contributed by atoms with Crippen LogP contribution in [0.5, 0.6) is 0 Å². The van der Waals surface area contributed by atoms with Crippen LogP contribution in [-0.4, -0.2) is 15.9 Å². The molecule has 5 nitrogen and oxygen atoms in total. The molecule has 2 rings (SSSR count). The number of nitrogens with zero attached hydrogens (tertiary/aromatic N) is 2. The number of hydrogen-bond donors (Lipinski definition) is 2. The highest BCUT2D eigenvalue weighted by Crippen LogP contribution is 2.29. The second-order valence-electron chi connectivity index (χ2n) is 3.43. The van der Waals surface area contributed by atoms with Gasteiger partial charge < -0.3 is 11.1 Å². The summed E-state index contributed by atoms with van der Waals surface area (Å²) in [7, 11) is 0. The first kappa shape index (κ1) is 12.6. The maximum absolute atomic E-state index is 11.9. The molecule has 0 aliphatic rings. The molecule has 0 saturated heterocycles. The highest BCUT2D eigenvalue weighted by Gasteiger charge is 2.11. The second-order valence-corrected chi connectivity index (χ2v) is 4.25. The van der Waals surface area contributed by atoms with E-state index in [-0.39, 0.29) is 21.6 Å². The molecule has 0 aliphatic heterocycles. The topological polar surface area (TPSA) is 80.9 Å². The Morgan fingerprint density at radius 3 is 2.28 bits per heavy atom. The average Bonchev–Trinajstić information content (AvgIpc) is 2.36. The van der Waals surface area contributed by atoms with Crippen LogP contribution in [-0.2, 0) is 0 Å². The molecule has 1 heterocycles. The first-order valence-electron chi connectivity index (χ1n) is 4.89. The summed E-state index contributed by atoms with van der Waals surface area (Å²) in [5.74, 6) is -0.367. The number of nitrogens with one attached hydrogen (secondary N) is 1. The highest BCUT2D eigenvalue weighted by molar-refractivity contribution is 6.39. The van der Waals surface area contributed by atoms with Crippen LogP contribution < -0.4 is 11.1 Å². The van der Waals surface area contributed by atoms with Crippen LogP contribution >= 0.6 is 23.2 Å². The first-order chi connectivity index (χ1) is 8.58. The standard InChI is InChI=1S/C11H8Cl2N4O/c12-8-1-6(2-9(13)10(8)14)11(18)17-7-3-15-5-16-4-7/h1-5H,14H2,(H,17,18). The smallest absolute Gasteiger partial charge is 0.255 e. The summed E-state index contributed by atoms with van der Waals surface area (Å²) < 4.78 is 0. The monoisotopic (exact) mass is 282 g/mol. The molecule has 0 aliphatic carbocycles. The minimum absolute atomic E-state index is 0.233. The number of rotatable bonds is 2. The number of amides is 1. The van der Waals surface area contributed by atoms with Gasteiger partial charge in [-0.25, -0.2) is 9.97 Å². The van der Waals surface area contributed by atoms with Gasteiger partial charge in [0.25, 0.3) is 5.91 Å². The van der Waals surface area contributed by atoms with Gasteiger partial charge in [-0.1, -0.05) is 23.2 Å². The molecule has 1 amide bonds. The highest BCUT2D eigenvalue weighted by atomic mass is 35.5. The third-order valence-electron chi connectivity index (χ3n) is 2.16. The van der Waals surface area contributed by atoms with Gasteiger partial charge in [0.05, 0.1) is 33.8 Å². The predicted molar refractivity (Wildman–Crippen MR) is 70.9 cm³/mol. The summed E-state index contributed by atoms with van der Waals surface area (Å²) in [6.07, 6.45) is 4.32. The van der Waals surface area contributed by atoms with Gasteiger partial charge in [-0.3, -0.25) is 4.79 Å². The van der Waals surface area contributed by atoms with Gasteiger partial charge in [0.15, 0.2) is 0 Å². The number of anilines is 2. The van der Waals surface area contributed by atoms with Crippen LogP contribution in [0.25, 0.3) is 0 Å². The Bertz CT molecular complexity index is 566. The summed E-state index contributed by atoms with van der Waals surface area (Å²) in [5, 5.41) is 3.08. The van der Waals surface area contributed by atoms with Gasteiger partial charge >= 0.3 is 0 Å². The number of carbonyl (C=O) groups excluding carboxylic acids is 1. The normalized spacial score (nSPS) is 10.1. The molecule has 0 spiro atoms. The van der Waals surface area contributed by atoms with Crippen molar-refractivity contribution in [2.24, 2.45) is 0 Å². The molecule has 0 unspecified atom stereocenters. The largest absolute Gasteiger partial charge is 0.396 e. The van der Waals surface area contributed by atoms with E-state index in [9.17, 15) is 4.79 Å². The lowest BCUT2D eigenvalue weighted by atomic mass is 10.2. The quantitative estimate of drug-likeness (QED) is 0.830. The summed E-state index contributed by atoms with van der Waals surface area (Å²) in [6.45, 7) is 0. The molecular formula is C11H8Cl2N4O. The van der Waals surface area contributed by atoms with Crippen LogP contribution in [0.2, 0.25) is 10.0 Å². The van der Waals surface area contributed by atoms with Gasteiger partial charge in [-0.15, -0.1) is 0 Å². The van der Waals surface area contributed by atoms with Gasteiger partial charge in [-0.05, 0) is 12.1 Å². The third-order valence-corrected chi connectivity index (χ3v) is 2.79. The molecule has 0 radical (unpaired) electrons. The van der Waals surface area contributed by atoms with Gasteiger partial charge in [0, 0.05) is 5.56 Å². The van der Waals surface area contributed by atoms with E-state index in [0.717, 1.165) is 0 Å². The summed E-state index contributed by atoms with van der Waals surface area (Å²) in [4.78, 5) is 19.5. The Morgan fingerprint density at radius 2 is 1.72 bits per heavy atom. The SMILES string of the molecule is Nc1c(Cl)cc(C(=O)Nc2cncnc2)cc1Cl. The molecule has 0 fully saturated rings. The van der Waals surface area contributed by atoms with Gasteiger partial charge in [0.1, 0.15) is 6.33 Å². The Hall–Kier alpha value is -1.85. The van der Waals surface area contributed by atoms with Crippen molar-refractivity contribution in [2.45, 2.75) is 0 Å². The van der Waals surface area contributed by atoms with E-state index in [1.165, 1.54) is 30.9 Å². The second kappa shape index (κ2) is 5.20. The number of carbonyl (C=O) groups is 1. The van der Waals surface area contributed by atoms with Crippen LogP contribution in [0.4, 0.5) is 11.4 Å². The minimum Gasteiger partial charge on any atom is -0.396 e. The van der Waals surface area contributed by atoms with E-state index in [1.54, 1.807) is 0 Å². The third kappa shape index (κ3) is 2.69. The molecular weight excluding hydrogens is 275 g/mol. The predicted octanol–water partition coefficient (Wildman–Crippen LogP) is 2.62. The number of benzene rings is 1. The van der Waals surface area contributed by atoms with E-state index in [4.69, 9.17) is 28.9 Å². The molecule has 1 aromatic heterocycles. The van der Waals surface area contributed by atoms with Crippen LogP contribution in [0, 0.1) is 0 Å². The van der Waals surface area contributed by atoms with Crippen molar-refractivity contribution in [2.75, 3.05) is 11.1 Å². The number of hydrogen-bond acceptors (Lipinski definition) is 4. The molecule has 1 aromatic carbocycles. The lowest BCUT2D eigenvalue weighted by molar-refractivity contribution is 0.102. The van der Waals surface area contributed by atoms with Crippen LogP contribution in [0.1, 0.15) is 10.4 Å². The molecule has 18 heavy (non-hydrogen) atoms. The van der Waals surface area contributed by atoms with E-state index >= 15 is 0 Å². The zero-order valence-electron chi connectivity index (χ0n) is 9.02. The van der Waals surface area contributed by atoms with Crippen LogP contribution in [0.15, 0.2) is 30.9 Å². The first-order valence-corrected chi connectivity index (χ1v) is 5.64. The van der Waals surface area contributed by atoms with Crippen molar-refractivity contribution in [3.05, 3.63) is 46.5 Å². The maximum atomic E-state index is 11.9. The lowest BCUT2D eigenvalue weighted by Gasteiger charge is -2.07. The van der Waals surface area contributed by atoms with Gasteiger partial charge in [-0.2, -0.15) is 0 Å². The fourth-order valence-corrected chi connectivity index (χ4v) is 1.77. The number of aromatic nitrogens is 2. The molecule has 3 N–H and O–H groups in total. The fourth-order valence-electron chi connectivity index (χ4n) is 1.28. The summed E-state index contributed by atoms with van der Waals surface area (Å²) in [5.41, 5.74) is 6.62. The summed E-state index contributed by atoms with van der Waals surface area (Å²) >= 11 is 11.7. The molecule has 92 valence electrons. The van der Waals surface area contributed by atoms with E-state index < -0.39 is 0 Å². The van der Waals surface area contributed by atoms with E-state index in [1.807, 2.05) is 0 Å². The Kier molecular flexibility index (Phi) is 3.64. The van der Waals surface area contributed by atoms with E-state index in [2.05, 4.69) is 15.3 Å². The molecule has 0 saturated carbocycles. The molecule has 0 bridgehead atoms. The van der Waals surface area contributed by atoms with E-state index in [0.29, 0.717) is 11.3 Å². The zero-order chi connectivity index (χ0) is 13.1. The Labute approximate surface area is 113 Å². The fraction of sp³-hybridized carbons (Fsp3) is 0. The van der Waals surface area contributed by atoms with Crippen molar-refractivity contribution in [3.8, 4) is 0 Å². The number of nitrogen functional groups attached to an aromatic ring is 1. The Balaban J connectivity index is 2.25. The summed E-state index contributed by atoms with van der Waals surface area (Å²) in [6, 6.07) is 2.89. The van der Waals surface area contributed by atoms with Crippen molar-refractivity contribution >= 4 is 40.5 Å².